The highest BCUT2D eigenvalue weighted by molar-refractivity contribution is 7.89. The highest BCUT2D eigenvalue weighted by Crippen LogP contribution is 2.25. The summed E-state index contributed by atoms with van der Waals surface area (Å²) in [5.41, 5.74) is 7.18. The fourth-order valence-corrected chi connectivity index (χ4v) is 2.41. The summed E-state index contributed by atoms with van der Waals surface area (Å²) in [4.78, 5) is 0.122. The SMILES string of the molecule is CNS(=O)(=O)c1ccc(N)c(OCc2ccccc2)c1. The molecule has 2 aromatic rings. The second-order valence-corrected chi connectivity index (χ2v) is 6.07. The third-order valence-corrected chi connectivity index (χ3v) is 4.21. The number of rotatable bonds is 5. The first-order chi connectivity index (χ1) is 9.53. The maximum Gasteiger partial charge on any atom is 0.240 e. The first kappa shape index (κ1) is 14.4. The molecule has 0 radical (unpaired) electrons. The van der Waals surface area contributed by atoms with Crippen LogP contribution in [0.1, 0.15) is 5.56 Å². The van der Waals surface area contributed by atoms with Gasteiger partial charge in [-0.15, -0.1) is 0 Å². The molecule has 2 rings (SSSR count). The topological polar surface area (TPSA) is 81.4 Å². The molecule has 6 heteroatoms. The zero-order valence-electron chi connectivity index (χ0n) is 11.0. The van der Waals surface area contributed by atoms with Crippen molar-refractivity contribution in [3.05, 3.63) is 54.1 Å². The van der Waals surface area contributed by atoms with Crippen molar-refractivity contribution in [3.63, 3.8) is 0 Å². The monoisotopic (exact) mass is 292 g/mol. The van der Waals surface area contributed by atoms with Crippen LogP contribution in [0.3, 0.4) is 0 Å². The van der Waals surface area contributed by atoms with Crippen LogP contribution >= 0.6 is 0 Å². The van der Waals surface area contributed by atoms with Gasteiger partial charge >= 0.3 is 0 Å². The predicted molar refractivity (Wildman–Crippen MR) is 77.9 cm³/mol. The molecule has 0 unspecified atom stereocenters. The Morgan fingerprint density at radius 2 is 1.85 bits per heavy atom. The van der Waals surface area contributed by atoms with E-state index in [-0.39, 0.29) is 4.90 Å². The van der Waals surface area contributed by atoms with E-state index in [2.05, 4.69) is 4.72 Å². The lowest BCUT2D eigenvalue weighted by Crippen LogP contribution is -2.18. The van der Waals surface area contributed by atoms with Gasteiger partial charge in [0.15, 0.2) is 0 Å². The molecular weight excluding hydrogens is 276 g/mol. The van der Waals surface area contributed by atoms with Crippen LogP contribution in [0.25, 0.3) is 0 Å². The van der Waals surface area contributed by atoms with E-state index in [1.165, 1.54) is 25.2 Å². The average Bonchev–Trinajstić information content (AvgIpc) is 2.47. The van der Waals surface area contributed by atoms with Gasteiger partial charge in [-0.05, 0) is 24.7 Å². The molecule has 2 aromatic carbocycles. The number of nitrogen functional groups attached to an aromatic ring is 1. The summed E-state index contributed by atoms with van der Waals surface area (Å²) in [6.07, 6.45) is 0. The maximum atomic E-state index is 11.7. The first-order valence-corrected chi connectivity index (χ1v) is 7.51. The molecule has 106 valence electrons. The molecule has 0 aliphatic rings. The van der Waals surface area contributed by atoms with Gasteiger partial charge < -0.3 is 10.5 Å². The van der Waals surface area contributed by atoms with Gasteiger partial charge in [0.1, 0.15) is 12.4 Å². The van der Waals surface area contributed by atoms with Crippen molar-refractivity contribution in [1.82, 2.24) is 4.72 Å². The molecule has 0 saturated carbocycles. The standard InChI is InChI=1S/C14H16N2O3S/c1-16-20(17,18)12-7-8-13(15)14(9-12)19-10-11-5-3-2-4-6-11/h2-9,16H,10,15H2,1H3. The Hall–Kier alpha value is -2.05. The molecular formula is C14H16N2O3S. The first-order valence-electron chi connectivity index (χ1n) is 6.03. The Bertz CT molecular complexity index is 685. The van der Waals surface area contributed by atoms with Crippen molar-refractivity contribution in [2.24, 2.45) is 0 Å². The van der Waals surface area contributed by atoms with Crippen LogP contribution in [-0.2, 0) is 16.6 Å². The van der Waals surface area contributed by atoms with E-state index >= 15 is 0 Å². The van der Waals surface area contributed by atoms with E-state index in [1.54, 1.807) is 0 Å². The lowest BCUT2D eigenvalue weighted by atomic mass is 10.2. The molecule has 0 aliphatic heterocycles. The lowest BCUT2D eigenvalue weighted by molar-refractivity contribution is 0.307. The van der Waals surface area contributed by atoms with E-state index in [0.29, 0.717) is 18.0 Å². The molecule has 0 saturated heterocycles. The Morgan fingerprint density at radius 1 is 1.15 bits per heavy atom. The van der Waals surface area contributed by atoms with Crippen molar-refractivity contribution in [1.29, 1.82) is 0 Å². The van der Waals surface area contributed by atoms with Crippen molar-refractivity contribution in [3.8, 4) is 5.75 Å². The third-order valence-electron chi connectivity index (χ3n) is 2.80. The number of ether oxygens (including phenoxy) is 1. The summed E-state index contributed by atoms with van der Waals surface area (Å²) in [5.74, 6) is 0.352. The molecule has 3 N–H and O–H groups in total. The number of nitrogens with one attached hydrogen (secondary N) is 1. The van der Waals surface area contributed by atoms with Crippen LogP contribution < -0.4 is 15.2 Å². The minimum Gasteiger partial charge on any atom is -0.487 e. The molecule has 0 aliphatic carbocycles. The summed E-state index contributed by atoms with van der Waals surface area (Å²) in [7, 11) is -2.15. The Kier molecular flexibility index (Phi) is 4.26. The molecule has 0 aromatic heterocycles. The number of benzene rings is 2. The van der Waals surface area contributed by atoms with Crippen LogP contribution in [0.15, 0.2) is 53.4 Å². The molecule has 5 nitrogen and oxygen atoms in total. The van der Waals surface area contributed by atoms with Gasteiger partial charge in [-0.1, -0.05) is 30.3 Å². The predicted octanol–water partition coefficient (Wildman–Crippen LogP) is 1.76. The van der Waals surface area contributed by atoms with E-state index in [0.717, 1.165) is 5.56 Å². The lowest BCUT2D eigenvalue weighted by Gasteiger charge is -2.11. The summed E-state index contributed by atoms with van der Waals surface area (Å²) >= 11 is 0. The van der Waals surface area contributed by atoms with Gasteiger partial charge in [-0.3, -0.25) is 0 Å². The van der Waals surface area contributed by atoms with E-state index in [9.17, 15) is 8.42 Å². The number of nitrogens with two attached hydrogens (primary N) is 1. The highest BCUT2D eigenvalue weighted by atomic mass is 32.2. The zero-order valence-corrected chi connectivity index (χ0v) is 11.9. The van der Waals surface area contributed by atoms with Gasteiger partial charge in [0.25, 0.3) is 0 Å². The molecule has 0 spiro atoms. The summed E-state index contributed by atoms with van der Waals surface area (Å²) in [5, 5.41) is 0. The van der Waals surface area contributed by atoms with Crippen LogP contribution in [0.2, 0.25) is 0 Å². The number of hydrogen-bond acceptors (Lipinski definition) is 4. The number of sulfonamides is 1. The Labute approximate surface area is 118 Å². The van der Waals surface area contributed by atoms with Crippen molar-refractivity contribution in [2.45, 2.75) is 11.5 Å². The van der Waals surface area contributed by atoms with Crippen molar-refractivity contribution in [2.75, 3.05) is 12.8 Å². The molecule has 0 fully saturated rings. The average molecular weight is 292 g/mol. The number of hydrogen-bond donors (Lipinski definition) is 2. The summed E-state index contributed by atoms with van der Waals surface area (Å²) < 4.78 is 31.3. The van der Waals surface area contributed by atoms with Gasteiger partial charge in [-0.2, -0.15) is 0 Å². The normalized spacial score (nSPS) is 11.2. The minimum atomic E-state index is -3.51. The van der Waals surface area contributed by atoms with Crippen LogP contribution in [0.4, 0.5) is 5.69 Å². The Morgan fingerprint density at radius 3 is 2.50 bits per heavy atom. The van der Waals surface area contributed by atoms with Crippen LogP contribution in [0, 0.1) is 0 Å². The minimum absolute atomic E-state index is 0.122. The fraction of sp³-hybridized carbons (Fsp3) is 0.143. The molecule has 20 heavy (non-hydrogen) atoms. The van der Waals surface area contributed by atoms with Gasteiger partial charge in [0.05, 0.1) is 10.6 Å². The van der Waals surface area contributed by atoms with Crippen LogP contribution in [0.5, 0.6) is 5.75 Å². The maximum absolute atomic E-state index is 11.7. The highest BCUT2D eigenvalue weighted by Gasteiger charge is 2.13. The third kappa shape index (κ3) is 3.28. The smallest absolute Gasteiger partial charge is 0.240 e. The molecule has 0 heterocycles. The second-order valence-electron chi connectivity index (χ2n) is 4.18. The van der Waals surface area contributed by atoms with Gasteiger partial charge in [0, 0.05) is 6.07 Å². The summed E-state index contributed by atoms with van der Waals surface area (Å²) in [6, 6.07) is 14.0. The second kappa shape index (κ2) is 5.94. The van der Waals surface area contributed by atoms with E-state index < -0.39 is 10.0 Å². The summed E-state index contributed by atoms with van der Waals surface area (Å²) in [6.45, 7) is 0.327. The largest absolute Gasteiger partial charge is 0.487 e. The molecule has 0 amide bonds. The quantitative estimate of drug-likeness (QED) is 0.823. The van der Waals surface area contributed by atoms with Crippen LogP contribution in [-0.4, -0.2) is 15.5 Å². The molecule has 0 bridgehead atoms. The fourth-order valence-electron chi connectivity index (χ4n) is 1.66. The molecule has 0 atom stereocenters. The van der Waals surface area contributed by atoms with Gasteiger partial charge in [0.2, 0.25) is 10.0 Å². The van der Waals surface area contributed by atoms with E-state index in [1.807, 2.05) is 30.3 Å². The zero-order chi connectivity index (χ0) is 14.6. The number of anilines is 1. The Balaban J connectivity index is 2.22. The van der Waals surface area contributed by atoms with Crippen molar-refractivity contribution >= 4 is 15.7 Å². The van der Waals surface area contributed by atoms with Crippen molar-refractivity contribution < 1.29 is 13.2 Å². The van der Waals surface area contributed by atoms with Gasteiger partial charge in [-0.25, -0.2) is 13.1 Å². The van der Waals surface area contributed by atoms with E-state index in [4.69, 9.17) is 10.5 Å².